The van der Waals surface area contributed by atoms with Crippen molar-refractivity contribution in [3.8, 4) is 0 Å². The molecule has 0 spiro atoms. The molecule has 0 aliphatic carbocycles. The van der Waals surface area contributed by atoms with Crippen LogP contribution in [0.5, 0.6) is 0 Å². The Hall–Kier alpha value is 0.0569. The molecule has 5 heteroatoms. The molecule has 0 N–H and O–H groups in total. The highest BCUT2D eigenvalue weighted by Crippen LogP contribution is 2.15. The summed E-state index contributed by atoms with van der Waals surface area (Å²) in [6.45, 7) is 4.24. The first-order chi connectivity index (χ1) is 7.64. The van der Waals surface area contributed by atoms with E-state index in [0.717, 1.165) is 6.42 Å². The molecule has 0 aromatic carbocycles. The van der Waals surface area contributed by atoms with E-state index in [0.29, 0.717) is 0 Å². The van der Waals surface area contributed by atoms with Crippen LogP contribution >= 0.6 is 0 Å². The van der Waals surface area contributed by atoms with Gasteiger partial charge in [0, 0.05) is 27.4 Å². The van der Waals surface area contributed by atoms with Gasteiger partial charge < -0.3 is 17.7 Å². The average Bonchev–Trinajstić information content (AvgIpc) is 2.32. The second kappa shape index (κ2) is 9.12. The number of rotatable bonds is 10. The molecule has 4 nitrogen and oxygen atoms in total. The Balaban J connectivity index is 3.86. The minimum Gasteiger partial charge on any atom is -0.355 e. The molecule has 0 aromatic heterocycles. The van der Waals surface area contributed by atoms with Crippen molar-refractivity contribution in [1.82, 2.24) is 0 Å². The van der Waals surface area contributed by atoms with Crippen molar-refractivity contribution in [3.63, 3.8) is 0 Å². The van der Waals surface area contributed by atoms with Crippen LogP contribution in [-0.2, 0) is 17.7 Å². The van der Waals surface area contributed by atoms with Crippen LogP contribution in [0, 0.1) is 0 Å². The molecule has 98 valence electrons. The molecule has 0 saturated heterocycles. The van der Waals surface area contributed by atoms with Crippen molar-refractivity contribution >= 4 is 9.05 Å². The summed E-state index contributed by atoms with van der Waals surface area (Å²) in [5.41, 5.74) is 0. The monoisotopic (exact) mass is 250 g/mol. The van der Waals surface area contributed by atoms with Crippen LogP contribution in [0.3, 0.4) is 0 Å². The predicted octanol–water partition coefficient (Wildman–Crippen LogP) is 2.74. The zero-order valence-corrected chi connectivity index (χ0v) is 12.2. The number of hydrogen-bond donors (Lipinski definition) is 0. The Bertz CT molecular complexity index is 154. The van der Waals surface area contributed by atoms with E-state index < -0.39 is 9.05 Å². The van der Waals surface area contributed by atoms with Crippen LogP contribution in [-0.4, -0.2) is 36.5 Å². The topological polar surface area (TPSA) is 36.9 Å². The van der Waals surface area contributed by atoms with Gasteiger partial charge in [0.15, 0.2) is 0 Å². The Morgan fingerprint density at radius 1 is 0.938 bits per heavy atom. The third-order valence-corrected chi connectivity index (χ3v) is 4.75. The highest BCUT2D eigenvalue weighted by Gasteiger charge is 2.43. The van der Waals surface area contributed by atoms with Crippen LogP contribution < -0.4 is 0 Å². The summed E-state index contributed by atoms with van der Waals surface area (Å²) in [6, 6.07) is 0. The van der Waals surface area contributed by atoms with Crippen molar-refractivity contribution in [1.29, 1.82) is 0 Å². The van der Waals surface area contributed by atoms with Gasteiger partial charge in [-0.3, -0.25) is 0 Å². The van der Waals surface area contributed by atoms with Crippen molar-refractivity contribution < 1.29 is 17.7 Å². The van der Waals surface area contributed by atoms with E-state index in [2.05, 4.69) is 6.92 Å². The lowest BCUT2D eigenvalue weighted by atomic mass is 10.1. The maximum atomic E-state index is 5.74. The predicted molar refractivity (Wildman–Crippen MR) is 66.1 cm³/mol. The minimum absolute atomic E-state index is 0.114. The van der Waals surface area contributed by atoms with Gasteiger partial charge in [-0.1, -0.05) is 32.6 Å². The molecule has 16 heavy (non-hydrogen) atoms. The highest BCUT2D eigenvalue weighted by molar-refractivity contribution is 6.53. The van der Waals surface area contributed by atoms with Gasteiger partial charge in [0.1, 0.15) is 0 Å². The summed E-state index contributed by atoms with van der Waals surface area (Å²) in [5, 5.41) is 0. The quantitative estimate of drug-likeness (QED) is 0.441. The summed E-state index contributed by atoms with van der Waals surface area (Å²) in [5.74, 6) is 0. The van der Waals surface area contributed by atoms with Gasteiger partial charge in [0.05, 0.1) is 0 Å². The molecule has 0 radical (unpaired) electrons. The van der Waals surface area contributed by atoms with Gasteiger partial charge in [0.2, 0.25) is 0 Å². The molecule has 0 aromatic rings. The molecule has 0 saturated carbocycles. The second-order valence-electron chi connectivity index (χ2n) is 3.89. The molecule has 0 amide bonds. The van der Waals surface area contributed by atoms with Gasteiger partial charge >= 0.3 is 9.05 Å². The van der Waals surface area contributed by atoms with Crippen LogP contribution in [0.2, 0.25) is 0 Å². The molecule has 0 bridgehead atoms. The molecule has 0 fully saturated rings. The largest absolute Gasteiger partial charge is 0.679 e. The first-order valence-corrected chi connectivity index (χ1v) is 7.60. The van der Waals surface area contributed by atoms with Crippen LogP contribution in [0.25, 0.3) is 0 Å². The summed E-state index contributed by atoms with van der Waals surface area (Å²) in [7, 11) is 1.83. The fourth-order valence-electron chi connectivity index (χ4n) is 1.56. The van der Waals surface area contributed by atoms with E-state index in [4.69, 9.17) is 17.7 Å². The molecule has 1 unspecified atom stereocenters. The first-order valence-electron chi connectivity index (χ1n) is 5.97. The Morgan fingerprint density at radius 3 is 1.94 bits per heavy atom. The van der Waals surface area contributed by atoms with E-state index >= 15 is 0 Å². The average molecular weight is 250 g/mol. The van der Waals surface area contributed by atoms with Crippen molar-refractivity contribution in [3.05, 3.63) is 0 Å². The van der Waals surface area contributed by atoms with Crippen molar-refractivity contribution in [2.75, 3.05) is 21.3 Å². The molecular weight excluding hydrogens is 224 g/mol. The normalized spacial score (nSPS) is 14.1. The Kier molecular flexibility index (Phi) is 9.16. The van der Waals surface area contributed by atoms with Crippen molar-refractivity contribution in [2.45, 2.75) is 52.1 Å². The fraction of sp³-hybridized carbons (Fsp3) is 1.00. The van der Waals surface area contributed by atoms with E-state index in [1.165, 1.54) is 25.7 Å². The maximum Gasteiger partial charge on any atom is 0.679 e. The first kappa shape index (κ1) is 16.1. The minimum atomic E-state index is -2.85. The number of unbranched alkanes of at least 4 members (excludes halogenated alkanes) is 3. The molecular formula is C11H26O4Si. The number of hydrogen-bond acceptors (Lipinski definition) is 4. The fourth-order valence-corrected chi connectivity index (χ4v) is 2.96. The van der Waals surface area contributed by atoms with Crippen LogP contribution in [0.4, 0.5) is 0 Å². The summed E-state index contributed by atoms with van der Waals surface area (Å²) < 4.78 is 21.4. The lowest BCUT2D eigenvalue weighted by Gasteiger charge is -2.26. The van der Waals surface area contributed by atoms with Gasteiger partial charge in [-0.05, 0) is 13.3 Å². The summed E-state index contributed by atoms with van der Waals surface area (Å²) >= 11 is 0. The van der Waals surface area contributed by atoms with E-state index in [1.807, 2.05) is 6.92 Å². The summed E-state index contributed by atoms with van der Waals surface area (Å²) in [6.07, 6.45) is 6.10. The van der Waals surface area contributed by atoms with E-state index in [9.17, 15) is 0 Å². The SMILES string of the molecule is CCCCCCC(C)O[Si](OC)(OC)OC. The van der Waals surface area contributed by atoms with E-state index in [-0.39, 0.29) is 6.10 Å². The van der Waals surface area contributed by atoms with E-state index in [1.54, 1.807) is 21.3 Å². The van der Waals surface area contributed by atoms with Gasteiger partial charge in [0.25, 0.3) is 0 Å². The standard InChI is InChI=1S/C11H26O4Si/c1-6-7-8-9-10-11(2)15-16(12-3,13-4)14-5/h11H,6-10H2,1-5H3. The van der Waals surface area contributed by atoms with Crippen LogP contribution in [0.1, 0.15) is 46.0 Å². The molecule has 1 atom stereocenters. The van der Waals surface area contributed by atoms with Crippen LogP contribution in [0.15, 0.2) is 0 Å². The molecule has 0 rings (SSSR count). The smallest absolute Gasteiger partial charge is 0.355 e. The molecule has 0 aliphatic rings. The highest BCUT2D eigenvalue weighted by atomic mass is 28.4. The molecule has 0 aliphatic heterocycles. The lowest BCUT2D eigenvalue weighted by Crippen LogP contribution is -2.48. The van der Waals surface area contributed by atoms with Gasteiger partial charge in [-0.15, -0.1) is 0 Å². The second-order valence-corrected chi connectivity index (χ2v) is 6.35. The zero-order valence-electron chi connectivity index (χ0n) is 11.2. The zero-order chi connectivity index (χ0) is 12.4. The Morgan fingerprint density at radius 2 is 1.50 bits per heavy atom. The maximum absolute atomic E-state index is 5.74. The third-order valence-electron chi connectivity index (χ3n) is 2.56. The molecule has 0 heterocycles. The summed E-state index contributed by atoms with van der Waals surface area (Å²) in [4.78, 5) is 0. The Labute approximate surface area is 101 Å². The third kappa shape index (κ3) is 5.96. The van der Waals surface area contributed by atoms with Crippen molar-refractivity contribution in [2.24, 2.45) is 0 Å². The lowest BCUT2D eigenvalue weighted by molar-refractivity contribution is -0.0198. The van der Waals surface area contributed by atoms with Gasteiger partial charge in [-0.25, -0.2) is 0 Å². The van der Waals surface area contributed by atoms with Gasteiger partial charge in [-0.2, -0.15) is 0 Å².